The maximum absolute atomic E-state index is 12.1. The Morgan fingerprint density at radius 1 is 0.565 bits per heavy atom. The fourth-order valence-corrected chi connectivity index (χ4v) is 5.92. The van der Waals surface area contributed by atoms with E-state index in [4.69, 9.17) is 10.2 Å². The van der Waals surface area contributed by atoms with E-state index < -0.39 is 18.6 Å². The van der Waals surface area contributed by atoms with Crippen molar-refractivity contribution in [2.24, 2.45) is 0 Å². The zero-order chi connectivity index (χ0) is 33.8. The van der Waals surface area contributed by atoms with E-state index in [1.54, 1.807) is 0 Å². The molecule has 0 aliphatic heterocycles. The van der Waals surface area contributed by atoms with Crippen molar-refractivity contribution in [1.82, 2.24) is 5.09 Å². The molecule has 0 rings (SSSR count). The molecule has 2 atom stereocenters. The summed E-state index contributed by atoms with van der Waals surface area (Å²) in [5, 5.41) is 20.4. The van der Waals surface area contributed by atoms with Crippen molar-refractivity contribution < 1.29 is 24.6 Å². The lowest BCUT2D eigenvalue weighted by molar-refractivity contribution is -0.139. The first-order chi connectivity index (χ1) is 22.5. The molecular weight excluding hydrogens is 593 g/mol. The summed E-state index contributed by atoms with van der Waals surface area (Å²) >= 11 is 0. The second kappa shape index (κ2) is 36.0. The molecule has 0 fully saturated rings. The molecule has 3 N–H and O–H groups in total. The molecule has 0 aromatic heterocycles. The number of Topliss-reactive ketones (excluding diaryl/α,β-unsaturated/α-hetero) is 1. The van der Waals surface area contributed by atoms with Crippen molar-refractivity contribution in [3.8, 4) is 0 Å². The fourth-order valence-electron chi connectivity index (χ4n) is 5.07. The van der Waals surface area contributed by atoms with Crippen LogP contribution in [-0.4, -0.2) is 40.1 Å². The van der Waals surface area contributed by atoms with Gasteiger partial charge in [-0.3, -0.25) is 19.5 Å². The Balaban J connectivity index is 3.48. The van der Waals surface area contributed by atoms with Gasteiger partial charge in [-0.1, -0.05) is 139 Å². The van der Waals surface area contributed by atoms with E-state index in [-0.39, 0.29) is 14.3 Å². The molecule has 7 heteroatoms. The molecule has 0 aromatic rings. The average molecular weight is 662 g/mol. The summed E-state index contributed by atoms with van der Waals surface area (Å²) in [6.07, 6.45) is 45.5. The molecular formula is C39H68NO5P. The van der Waals surface area contributed by atoms with E-state index in [9.17, 15) is 14.4 Å². The maximum Gasteiger partial charge on any atom is 0.323 e. The number of unbranched alkanes of at least 4 members (excludes halogenated alkanes) is 16. The number of hydrogen-bond acceptors (Lipinski definition) is 5. The van der Waals surface area contributed by atoms with Crippen LogP contribution in [0.5, 0.6) is 0 Å². The Morgan fingerprint density at radius 3 is 1.43 bits per heavy atom. The van der Waals surface area contributed by atoms with Crippen molar-refractivity contribution in [3.63, 3.8) is 0 Å². The highest BCUT2D eigenvalue weighted by Gasteiger charge is 2.16. The number of aliphatic hydroxyl groups is 1. The van der Waals surface area contributed by atoms with E-state index in [0.717, 1.165) is 77.0 Å². The molecule has 0 saturated heterocycles. The van der Waals surface area contributed by atoms with Gasteiger partial charge >= 0.3 is 5.97 Å². The second-order valence-electron chi connectivity index (χ2n) is 12.4. The highest BCUT2D eigenvalue weighted by molar-refractivity contribution is 7.55. The van der Waals surface area contributed by atoms with Crippen LogP contribution in [0.25, 0.3) is 0 Å². The minimum Gasteiger partial charge on any atom is -0.480 e. The smallest absolute Gasteiger partial charge is 0.323 e. The number of hydrogen-bond donors (Lipinski definition) is 3. The number of carbonyl (C=O) groups excluding carboxylic acids is 2. The topological polar surface area (TPSA) is 104 Å². The predicted octanol–water partition coefficient (Wildman–Crippen LogP) is 10.7. The number of allylic oxidation sites excluding steroid dienone is 8. The summed E-state index contributed by atoms with van der Waals surface area (Å²) in [4.78, 5) is 34.7. The van der Waals surface area contributed by atoms with Crippen molar-refractivity contribution in [1.29, 1.82) is 0 Å². The predicted molar refractivity (Wildman–Crippen MR) is 198 cm³/mol. The normalized spacial score (nSPS) is 13.0. The minimum atomic E-state index is -1.15. The Kier molecular flexibility index (Phi) is 34.5. The van der Waals surface area contributed by atoms with Gasteiger partial charge in [-0.25, -0.2) is 0 Å². The van der Waals surface area contributed by atoms with Gasteiger partial charge in [-0.15, -0.1) is 0 Å². The lowest BCUT2D eigenvalue weighted by Crippen LogP contribution is -2.35. The maximum atomic E-state index is 12.1. The number of carboxylic acids is 1. The summed E-state index contributed by atoms with van der Waals surface area (Å²) in [5.74, 6) is -0.690. The van der Waals surface area contributed by atoms with Gasteiger partial charge in [0.15, 0.2) is 5.52 Å². The number of ketones is 1. The lowest BCUT2D eigenvalue weighted by Gasteiger charge is -2.10. The third-order valence-electron chi connectivity index (χ3n) is 8.01. The Labute approximate surface area is 283 Å². The van der Waals surface area contributed by atoms with Gasteiger partial charge in [0.1, 0.15) is 11.8 Å². The summed E-state index contributed by atoms with van der Waals surface area (Å²) in [6.45, 7) is 1.75. The van der Waals surface area contributed by atoms with Crippen LogP contribution in [0.3, 0.4) is 0 Å². The standard InChI is InChI=1S/C39H68NO5P/c1-2-3-4-5-6-7-8-14-17-20-23-26-29-32-36(42)33-30-27-24-21-18-15-12-10-9-11-13-16-19-22-25-28-31-34-38(43)46-40-37(35-41)39(44)45/h9-10,13,15-16,18,22,25,37,40-41,46H,2-8,11-12,14,17,19-21,23-24,26-35H2,1H3,(H,44,45)/t37-/m0/s1. The monoisotopic (exact) mass is 661 g/mol. The molecule has 264 valence electrons. The average Bonchev–Trinajstić information content (AvgIpc) is 3.04. The third kappa shape index (κ3) is 33.5. The summed E-state index contributed by atoms with van der Waals surface area (Å²) in [5.41, 5.74) is -0.0203. The first-order valence-corrected chi connectivity index (χ1v) is 19.5. The van der Waals surface area contributed by atoms with Crippen molar-refractivity contribution in [2.45, 2.75) is 173 Å². The van der Waals surface area contributed by atoms with Gasteiger partial charge in [0.25, 0.3) is 0 Å². The van der Waals surface area contributed by atoms with E-state index in [2.05, 4.69) is 60.6 Å². The van der Waals surface area contributed by atoms with Gasteiger partial charge in [0.05, 0.1) is 6.61 Å². The van der Waals surface area contributed by atoms with Crippen LogP contribution in [0, 0.1) is 0 Å². The molecule has 0 bridgehead atoms. The number of nitrogens with one attached hydrogen (secondary N) is 1. The number of carboxylic acid groups (broad SMARTS) is 1. The van der Waals surface area contributed by atoms with Crippen LogP contribution in [0.1, 0.15) is 167 Å². The summed E-state index contributed by atoms with van der Waals surface area (Å²) < 4.78 is 0. The van der Waals surface area contributed by atoms with Crippen LogP contribution in [0.4, 0.5) is 0 Å². The first kappa shape index (κ1) is 44.1. The fraction of sp³-hybridized carbons (Fsp3) is 0.718. The van der Waals surface area contributed by atoms with Gasteiger partial charge in [0, 0.05) is 28.0 Å². The van der Waals surface area contributed by atoms with E-state index in [1.165, 1.54) is 77.0 Å². The molecule has 6 nitrogen and oxygen atoms in total. The number of aliphatic carboxylic acids is 1. The number of rotatable bonds is 35. The Bertz CT molecular complexity index is 851. The lowest BCUT2D eigenvalue weighted by atomic mass is 10.0. The zero-order valence-electron chi connectivity index (χ0n) is 29.2. The van der Waals surface area contributed by atoms with E-state index in [1.807, 2.05) is 0 Å². The van der Waals surface area contributed by atoms with Crippen LogP contribution in [0.2, 0.25) is 0 Å². The van der Waals surface area contributed by atoms with Crippen molar-refractivity contribution in [3.05, 3.63) is 48.6 Å². The van der Waals surface area contributed by atoms with Crippen molar-refractivity contribution in [2.75, 3.05) is 6.61 Å². The largest absolute Gasteiger partial charge is 0.480 e. The molecule has 0 amide bonds. The zero-order valence-corrected chi connectivity index (χ0v) is 30.2. The second-order valence-corrected chi connectivity index (χ2v) is 13.5. The van der Waals surface area contributed by atoms with E-state index in [0.29, 0.717) is 12.2 Å². The number of aliphatic hydroxyl groups excluding tert-OH is 1. The summed E-state index contributed by atoms with van der Waals surface area (Å²) in [7, 11) is -0.291. The highest BCUT2D eigenvalue weighted by atomic mass is 31.1. The van der Waals surface area contributed by atoms with Gasteiger partial charge < -0.3 is 10.2 Å². The quantitative estimate of drug-likeness (QED) is 0.0355. The van der Waals surface area contributed by atoms with Gasteiger partial charge in [0.2, 0.25) is 0 Å². The molecule has 0 heterocycles. The molecule has 0 spiro atoms. The highest BCUT2D eigenvalue weighted by Crippen LogP contribution is 2.15. The van der Waals surface area contributed by atoms with Crippen LogP contribution in [0.15, 0.2) is 48.6 Å². The first-order valence-electron chi connectivity index (χ1n) is 18.5. The van der Waals surface area contributed by atoms with Crippen LogP contribution in [-0.2, 0) is 14.4 Å². The molecule has 0 radical (unpaired) electrons. The van der Waals surface area contributed by atoms with Crippen LogP contribution < -0.4 is 5.09 Å². The molecule has 0 aliphatic carbocycles. The van der Waals surface area contributed by atoms with E-state index >= 15 is 0 Å². The molecule has 1 unspecified atom stereocenters. The molecule has 0 saturated carbocycles. The van der Waals surface area contributed by atoms with Crippen molar-refractivity contribution >= 4 is 26.0 Å². The van der Waals surface area contributed by atoms with Gasteiger partial charge in [-0.05, 0) is 57.8 Å². The Hall–Kier alpha value is -1.88. The summed E-state index contributed by atoms with van der Waals surface area (Å²) in [6, 6.07) is -1.08. The van der Waals surface area contributed by atoms with Gasteiger partial charge in [-0.2, -0.15) is 0 Å². The molecule has 0 aromatic carbocycles. The SMILES string of the molecule is CCCCCCCCCCCCCCCC(=O)CCCCCC=CCC=CCC=CCC=CCCCC(=O)PN[C@@H](CO)C(=O)O. The Morgan fingerprint density at radius 2 is 0.978 bits per heavy atom. The number of carbonyl (C=O) groups is 3. The molecule has 46 heavy (non-hydrogen) atoms. The van der Waals surface area contributed by atoms with Crippen LogP contribution >= 0.6 is 8.73 Å². The molecule has 0 aliphatic rings. The minimum absolute atomic E-state index is 0.0203. The third-order valence-corrected chi connectivity index (χ3v) is 9.03.